The number of fused-ring (bicyclic) bond motifs is 1. The topological polar surface area (TPSA) is 116 Å². The fourth-order valence-corrected chi connectivity index (χ4v) is 4.60. The van der Waals surface area contributed by atoms with Crippen molar-refractivity contribution in [3.8, 4) is 5.75 Å². The lowest BCUT2D eigenvalue weighted by Crippen LogP contribution is -2.48. The molecule has 0 saturated heterocycles. The number of amides is 2. The quantitative estimate of drug-likeness (QED) is 0.518. The van der Waals surface area contributed by atoms with Crippen molar-refractivity contribution in [2.24, 2.45) is 5.73 Å². The van der Waals surface area contributed by atoms with Gasteiger partial charge in [-0.05, 0) is 69.7 Å². The van der Waals surface area contributed by atoms with E-state index in [1.54, 1.807) is 35.2 Å². The second-order valence-electron chi connectivity index (χ2n) is 9.69. The molecule has 1 aliphatic rings. The molecule has 1 aliphatic heterocycles. The third kappa shape index (κ3) is 5.09. The number of anilines is 1. The number of carbonyl (C=O) groups excluding carboxylic acids is 2. The zero-order chi connectivity index (χ0) is 25.4. The number of nitrogens with one attached hydrogen (secondary N) is 1. The maximum atomic E-state index is 13.9. The van der Waals surface area contributed by atoms with Crippen molar-refractivity contribution >= 4 is 29.1 Å². The molecule has 0 aliphatic carbocycles. The van der Waals surface area contributed by atoms with Crippen LogP contribution < -0.4 is 20.7 Å². The molecule has 4 rings (SSSR count). The highest BCUT2D eigenvalue weighted by Crippen LogP contribution is 2.46. The largest absolute Gasteiger partial charge is 0.494 e. The molecule has 36 heavy (non-hydrogen) atoms. The second kappa shape index (κ2) is 10.3. The van der Waals surface area contributed by atoms with Gasteiger partial charge in [0.15, 0.2) is 5.54 Å². The van der Waals surface area contributed by atoms with Gasteiger partial charge in [-0.3, -0.25) is 9.59 Å². The van der Waals surface area contributed by atoms with Crippen molar-refractivity contribution in [2.45, 2.75) is 45.3 Å². The van der Waals surface area contributed by atoms with Crippen LogP contribution in [0.15, 0.2) is 66.7 Å². The van der Waals surface area contributed by atoms with Crippen LogP contribution in [0, 0.1) is 0 Å². The Bertz CT molecular complexity index is 1270. The van der Waals surface area contributed by atoms with Crippen LogP contribution in [-0.2, 0) is 16.9 Å². The first-order valence-corrected chi connectivity index (χ1v) is 12.0. The summed E-state index contributed by atoms with van der Waals surface area (Å²) in [5.74, 6) is 0.218. The van der Waals surface area contributed by atoms with Crippen LogP contribution >= 0.6 is 11.6 Å². The number of carbonyl (C=O) groups is 2. The van der Waals surface area contributed by atoms with Crippen LogP contribution in [0.25, 0.3) is 0 Å². The summed E-state index contributed by atoms with van der Waals surface area (Å²) >= 11 is 6.51. The van der Waals surface area contributed by atoms with Crippen molar-refractivity contribution in [3.63, 3.8) is 0 Å². The maximum absolute atomic E-state index is 13.9. The number of halogens is 1. The molecule has 0 bridgehead atoms. The zero-order valence-corrected chi connectivity index (χ0v) is 21.6. The molecule has 1 unspecified atom stereocenters. The Labute approximate surface area is 216 Å². The number of benzene rings is 3. The van der Waals surface area contributed by atoms with E-state index >= 15 is 0 Å². The van der Waals surface area contributed by atoms with Gasteiger partial charge in [0.05, 0.1) is 18.8 Å². The summed E-state index contributed by atoms with van der Waals surface area (Å²) in [6.45, 7) is 8.50. The van der Waals surface area contributed by atoms with E-state index in [1.165, 1.54) is 0 Å². The monoisotopic (exact) mass is 509 g/mol. The third-order valence-corrected chi connectivity index (χ3v) is 6.25. The minimum atomic E-state index is -1.45. The standard InChI is InChI=1S/C28H30ClN3O3.H2O/c1-5-35-20-14-15-24-22(16-20)28(30,21-8-6-7-9-23(21)29)26(34)32(24)17-18-10-12-19(13-11-18)25(33)31-27(2,3)4;/h6-16H,5,17,30H2,1-4H3,(H,31,33);1H2. The van der Waals surface area contributed by atoms with E-state index in [0.29, 0.717) is 46.3 Å². The molecule has 3 aromatic rings. The Hall–Kier alpha value is -3.39. The van der Waals surface area contributed by atoms with E-state index in [9.17, 15) is 9.59 Å². The second-order valence-corrected chi connectivity index (χ2v) is 10.1. The van der Waals surface area contributed by atoms with Gasteiger partial charge in [0.25, 0.3) is 11.8 Å². The van der Waals surface area contributed by atoms with Crippen LogP contribution in [0.4, 0.5) is 5.69 Å². The molecule has 3 aromatic carbocycles. The molecule has 0 saturated carbocycles. The lowest BCUT2D eigenvalue weighted by molar-refractivity contribution is -0.121. The first kappa shape index (κ1) is 27.2. The van der Waals surface area contributed by atoms with Crippen molar-refractivity contribution < 1.29 is 19.8 Å². The summed E-state index contributed by atoms with van der Waals surface area (Å²) in [5, 5.41) is 3.38. The molecule has 1 atom stereocenters. The number of hydrogen-bond acceptors (Lipinski definition) is 4. The summed E-state index contributed by atoms with van der Waals surface area (Å²) in [4.78, 5) is 28.0. The molecule has 0 spiro atoms. The Morgan fingerprint density at radius 3 is 2.33 bits per heavy atom. The van der Waals surface area contributed by atoms with Crippen molar-refractivity contribution in [3.05, 3.63) is 94.0 Å². The number of hydrogen-bond donors (Lipinski definition) is 2. The highest BCUT2D eigenvalue weighted by atomic mass is 35.5. The summed E-state index contributed by atoms with van der Waals surface area (Å²) < 4.78 is 5.69. The van der Waals surface area contributed by atoms with Gasteiger partial charge in [-0.15, -0.1) is 0 Å². The Morgan fingerprint density at radius 1 is 1.06 bits per heavy atom. The Balaban J connectivity index is 0.00000361. The Morgan fingerprint density at radius 2 is 1.72 bits per heavy atom. The predicted molar refractivity (Wildman–Crippen MR) is 142 cm³/mol. The molecule has 8 heteroatoms. The molecule has 2 amide bonds. The highest BCUT2D eigenvalue weighted by Gasteiger charge is 2.50. The smallest absolute Gasteiger partial charge is 0.256 e. The van der Waals surface area contributed by atoms with Gasteiger partial charge in [-0.1, -0.05) is 41.9 Å². The predicted octanol–water partition coefficient (Wildman–Crippen LogP) is 4.19. The van der Waals surface area contributed by atoms with E-state index in [1.807, 2.05) is 64.1 Å². The van der Waals surface area contributed by atoms with E-state index in [0.717, 1.165) is 5.56 Å². The average molecular weight is 510 g/mol. The zero-order valence-electron chi connectivity index (χ0n) is 20.9. The van der Waals surface area contributed by atoms with Crippen LogP contribution in [-0.4, -0.2) is 29.4 Å². The number of rotatable bonds is 6. The van der Waals surface area contributed by atoms with Crippen molar-refractivity contribution in [2.75, 3.05) is 11.5 Å². The fourth-order valence-electron chi connectivity index (χ4n) is 4.32. The molecule has 0 fully saturated rings. The number of ether oxygens (including phenoxy) is 1. The molecule has 190 valence electrons. The third-order valence-electron chi connectivity index (χ3n) is 5.92. The lowest BCUT2D eigenvalue weighted by Gasteiger charge is -2.26. The van der Waals surface area contributed by atoms with Crippen LogP contribution in [0.1, 0.15) is 54.7 Å². The SMILES string of the molecule is CCOc1ccc2c(c1)C(N)(c1ccccc1Cl)C(=O)N2Cc1ccc(C(=O)NC(C)(C)C)cc1.O. The van der Waals surface area contributed by atoms with Gasteiger partial charge in [0, 0.05) is 27.3 Å². The van der Waals surface area contributed by atoms with Gasteiger partial charge < -0.3 is 26.2 Å². The number of nitrogens with zero attached hydrogens (tertiary/aromatic N) is 1. The first-order chi connectivity index (χ1) is 16.5. The fraction of sp³-hybridized carbons (Fsp3) is 0.286. The molecule has 0 aromatic heterocycles. The molecular formula is C28H32ClN3O4. The van der Waals surface area contributed by atoms with Crippen LogP contribution in [0.3, 0.4) is 0 Å². The highest BCUT2D eigenvalue weighted by molar-refractivity contribution is 6.32. The summed E-state index contributed by atoms with van der Waals surface area (Å²) in [6.07, 6.45) is 0. The summed E-state index contributed by atoms with van der Waals surface area (Å²) in [7, 11) is 0. The maximum Gasteiger partial charge on any atom is 0.256 e. The van der Waals surface area contributed by atoms with E-state index in [4.69, 9.17) is 22.1 Å². The number of nitrogens with two attached hydrogens (primary N) is 1. The minimum Gasteiger partial charge on any atom is -0.494 e. The summed E-state index contributed by atoms with van der Waals surface area (Å²) in [5.41, 5.74) is 8.42. The molecule has 7 nitrogen and oxygen atoms in total. The summed E-state index contributed by atoms with van der Waals surface area (Å²) in [6, 6.07) is 19.9. The van der Waals surface area contributed by atoms with E-state index < -0.39 is 5.54 Å². The molecule has 1 heterocycles. The van der Waals surface area contributed by atoms with Gasteiger partial charge in [0.2, 0.25) is 0 Å². The Kier molecular flexibility index (Phi) is 7.79. The van der Waals surface area contributed by atoms with Gasteiger partial charge in [0.1, 0.15) is 5.75 Å². The van der Waals surface area contributed by atoms with Crippen LogP contribution in [0.2, 0.25) is 5.02 Å². The minimum absolute atomic E-state index is 0. The first-order valence-electron chi connectivity index (χ1n) is 11.6. The molecular weight excluding hydrogens is 478 g/mol. The van der Waals surface area contributed by atoms with Gasteiger partial charge in [-0.2, -0.15) is 0 Å². The molecule has 5 N–H and O–H groups in total. The lowest BCUT2D eigenvalue weighted by atomic mass is 9.85. The normalized spacial score (nSPS) is 16.8. The van der Waals surface area contributed by atoms with E-state index in [2.05, 4.69) is 5.32 Å². The van der Waals surface area contributed by atoms with Gasteiger partial charge >= 0.3 is 0 Å². The van der Waals surface area contributed by atoms with Crippen LogP contribution in [0.5, 0.6) is 5.75 Å². The van der Waals surface area contributed by atoms with Gasteiger partial charge in [-0.25, -0.2) is 0 Å². The average Bonchev–Trinajstić information content (AvgIpc) is 3.01. The molecule has 0 radical (unpaired) electrons. The van der Waals surface area contributed by atoms with Crippen molar-refractivity contribution in [1.29, 1.82) is 0 Å². The van der Waals surface area contributed by atoms with Crippen molar-refractivity contribution in [1.82, 2.24) is 5.32 Å². The van der Waals surface area contributed by atoms with E-state index in [-0.39, 0.29) is 22.8 Å².